The van der Waals surface area contributed by atoms with Crippen molar-refractivity contribution >= 4 is 22.7 Å². The molecule has 2 heterocycles. The van der Waals surface area contributed by atoms with Crippen LogP contribution in [0.3, 0.4) is 0 Å². The number of nitrogens with two attached hydrogens (primary N) is 1. The molecule has 3 aromatic rings. The van der Waals surface area contributed by atoms with Crippen LogP contribution in [0.5, 0.6) is 0 Å². The minimum absolute atomic E-state index is 0.121. The molecule has 0 radical (unpaired) electrons. The number of hydrogen-bond acceptors (Lipinski definition) is 3. The summed E-state index contributed by atoms with van der Waals surface area (Å²) in [6.07, 6.45) is 2.17. The van der Waals surface area contributed by atoms with E-state index >= 15 is 0 Å². The Labute approximate surface area is 153 Å². The van der Waals surface area contributed by atoms with Crippen molar-refractivity contribution in [3.05, 3.63) is 65.5 Å². The second kappa shape index (κ2) is 6.81. The van der Waals surface area contributed by atoms with Gasteiger partial charge in [-0.25, -0.2) is 9.83 Å². The lowest BCUT2D eigenvalue weighted by molar-refractivity contribution is 0.490. The Bertz CT molecular complexity index is 951. The second-order valence-electron chi connectivity index (χ2n) is 7.00. The van der Waals surface area contributed by atoms with Crippen molar-refractivity contribution in [1.82, 2.24) is 9.55 Å². The average molecular weight is 345 g/mol. The van der Waals surface area contributed by atoms with Crippen LogP contribution in [0.1, 0.15) is 31.4 Å². The lowest BCUT2D eigenvalue weighted by Gasteiger charge is -2.33. The van der Waals surface area contributed by atoms with E-state index in [9.17, 15) is 0 Å². The summed E-state index contributed by atoms with van der Waals surface area (Å²) < 4.78 is 2.31. The van der Waals surface area contributed by atoms with Gasteiger partial charge in [0.2, 0.25) is 5.95 Å². The third kappa shape index (κ3) is 2.93. The highest BCUT2D eigenvalue weighted by Crippen LogP contribution is 2.32. The van der Waals surface area contributed by atoms with E-state index in [2.05, 4.69) is 39.4 Å². The van der Waals surface area contributed by atoms with E-state index in [0.717, 1.165) is 42.9 Å². The third-order valence-corrected chi connectivity index (χ3v) is 5.21. The number of aromatic nitrogens is 2. The molecule has 0 spiro atoms. The van der Waals surface area contributed by atoms with E-state index in [1.807, 2.05) is 30.3 Å². The molecular formula is C21H23N5. The quantitative estimate of drug-likeness (QED) is 0.726. The molecule has 0 saturated carbocycles. The first-order chi connectivity index (χ1) is 12.7. The molecule has 1 saturated heterocycles. The van der Waals surface area contributed by atoms with E-state index < -0.39 is 0 Å². The Morgan fingerprint density at radius 3 is 2.69 bits per heavy atom. The van der Waals surface area contributed by atoms with E-state index in [-0.39, 0.29) is 12.1 Å². The molecule has 5 heteroatoms. The van der Waals surface area contributed by atoms with Gasteiger partial charge in [-0.3, -0.25) is 0 Å². The highest BCUT2D eigenvalue weighted by Gasteiger charge is 2.25. The number of nitrogens with zero attached hydrogens (tertiary/aromatic N) is 4. The van der Waals surface area contributed by atoms with Gasteiger partial charge in [-0.15, -0.1) is 0 Å². The topological polar surface area (TPSA) is 51.4 Å². The fraction of sp³-hybridized carbons (Fsp3) is 0.333. The molecule has 5 nitrogen and oxygen atoms in total. The van der Waals surface area contributed by atoms with Gasteiger partial charge in [0.05, 0.1) is 23.6 Å². The zero-order valence-electron chi connectivity index (χ0n) is 15.0. The van der Waals surface area contributed by atoms with Crippen LogP contribution < -0.4 is 10.6 Å². The van der Waals surface area contributed by atoms with Gasteiger partial charge in [0.15, 0.2) is 5.69 Å². The van der Waals surface area contributed by atoms with Gasteiger partial charge in [0, 0.05) is 19.1 Å². The van der Waals surface area contributed by atoms with Crippen LogP contribution >= 0.6 is 0 Å². The van der Waals surface area contributed by atoms with Gasteiger partial charge in [-0.2, -0.15) is 0 Å². The molecule has 2 N–H and O–H groups in total. The number of hydrogen-bond donors (Lipinski definition) is 1. The minimum atomic E-state index is 0.121. The van der Waals surface area contributed by atoms with Crippen LogP contribution in [0.2, 0.25) is 0 Å². The summed E-state index contributed by atoms with van der Waals surface area (Å²) in [6, 6.07) is 16.4. The summed E-state index contributed by atoms with van der Waals surface area (Å²) in [6.45, 7) is 11.2. The molecule has 0 amide bonds. The summed E-state index contributed by atoms with van der Waals surface area (Å²) in [5.41, 5.74) is 10.2. The van der Waals surface area contributed by atoms with Crippen LogP contribution in [0.15, 0.2) is 48.5 Å². The molecule has 132 valence electrons. The molecule has 4 rings (SSSR count). The molecule has 0 unspecified atom stereocenters. The van der Waals surface area contributed by atoms with E-state index in [4.69, 9.17) is 17.3 Å². The van der Waals surface area contributed by atoms with Gasteiger partial charge in [-0.05, 0) is 37.5 Å². The van der Waals surface area contributed by atoms with Crippen LogP contribution in [-0.2, 0) is 0 Å². The Morgan fingerprint density at radius 1 is 1.19 bits per heavy atom. The van der Waals surface area contributed by atoms with Gasteiger partial charge >= 0.3 is 0 Å². The maximum Gasteiger partial charge on any atom is 0.207 e. The number of benzene rings is 2. The minimum Gasteiger partial charge on any atom is -0.341 e. The number of rotatable bonds is 3. The normalized spacial score (nSPS) is 18.7. The van der Waals surface area contributed by atoms with Crippen LogP contribution in [0.25, 0.3) is 15.9 Å². The summed E-state index contributed by atoms with van der Waals surface area (Å²) >= 11 is 0. The van der Waals surface area contributed by atoms with Crippen molar-refractivity contribution in [3.63, 3.8) is 0 Å². The van der Waals surface area contributed by atoms with E-state index in [1.165, 1.54) is 5.56 Å². The lowest BCUT2D eigenvalue weighted by Crippen LogP contribution is -2.44. The molecule has 0 aliphatic carbocycles. The van der Waals surface area contributed by atoms with Gasteiger partial charge in [-0.1, -0.05) is 36.4 Å². The van der Waals surface area contributed by atoms with Crippen molar-refractivity contribution in [2.45, 2.75) is 31.8 Å². The van der Waals surface area contributed by atoms with Crippen molar-refractivity contribution in [2.75, 3.05) is 18.0 Å². The number of piperidine rings is 1. The fourth-order valence-electron chi connectivity index (χ4n) is 3.80. The standard InChI is InChI=1S/C21H23N5/c1-15(16-9-11-18(23-2)12-10-16)26-20-8-4-3-7-19(20)24-21(26)25-13-5-6-17(22)14-25/h3-4,7-12,15,17H,5-6,13-14,22H2,1H3/t15-,17+/m1/s1. The summed E-state index contributed by atoms with van der Waals surface area (Å²) in [7, 11) is 0. The zero-order chi connectivity index (χ0) is 18.1. The van der Waals surface area contributed by atoms with Crippen molar-refractivity contribution in [1.29, 1.82) is 0 Å². The predicted octanol–water partition coefficient (Wildman–Crippen LogP) is 4.12. The fourth-order valence-corrected chi connectivity index (χ4v) is 3.80. The Kier molecular flexibility index (Phi) is 4.36. The van der Waals surface area contributed by atoms with Gasteiger partial charge in [0.1, 0.15) is 0 Å². The molecule has 1 aromatic heterocycles. The number of fused-ring (bicyclic) bond motifs is 1. The largest absolute Gasteiger partial charge is 0.341 e. The number of para-hydroxylation sites is 2. The Balaban J connectivity index is 1.81. The molecule has 1 aliphatic heterocycles. The van der Waals surface area contributed by atoms with Crippen LogP contribution in [-0.4, -0.2) is 28.7 Å². The maximum atomic E-state index is 7.15. The van der Waals surface area contributed by atoms with Crippen LogP contribution in [0, 0.1) is 6.57 Å². The average Bonchev–Trinajstić information content (AvgIpc) is 3.07. The first-order valence-corrected chi connectivity index (χ1v) is 9.12. The third-order valence-electron chi connectivity index (χ3n) is 5.21. The first-order valence-electron chi connectivity index (χ1n) is 9.12. The highest BCUT2D eigenvalue weighted by atomic mass is 15.3. The molecule has 1 fully saturated rings. The summed E-state index contributed by atoms with van der Waals surface area (Å²) in [5.74, 6) is 0.989. The molecule has 2 atom stereocenters. The number of anilines is 1. The highest BCUT2D eigenvalue weighted by molar-refractivity contribution is 5.79. The monoisotopic (exact) mass is 345 g/mol. The summed E-state index contributed by atoms with van der Waals surface area (Å²) in [4.78, 5) is 10.7. The Hall–Kier alpha value is -2.84. The molecular weight excluding hydrogens is 322 g/mol. The molecule has 0 bridgehead atoms. The lowest BCUT2D eigenvalue weighted by atomic mass is 10.1. The zero-order valence-corrected chi connectivity index (χ0v) is 15.0. The van der Waals surface area contributed by atoms with Gasteiger partial charge in [0.25, 0.3) is 0 Å². The van der Waals surface area contributed by atoms with E-state index in [0.29, 0.717) is 5.69 Å². The second-order valence-corrected chi connectivity index (χ2v) is 7.00. The predicted molar refractivity (Wildman–Crippen MR) is 106 cm³/mol. The van der Waals surface area contributed by atoms with E-state index in [1.54, 1.807) is 0 Å². The molecule has 2 aromatic carbocycles. The summed E-state index contributed by atoms with van der Waals surface area (Å²) in [5, 5.41) is 0. The maximum absolute atomic E-state index is 7.15. The first kappa shape index (κ1) is 16.6. The SMILES string of the molecule is [C-]#[N+]c1ccc([C@@H](C)n2c(N3CCC[C@H](N)C3)nc3ccccc32)cc1. The van der Waals surface area contributed by atoms with Crippen LogP contribution in [0.4, 0.5) is 11.6 Å². The van der Waals surface area contributed by atoms with Gasteiger partial charge < -0.3 is 15.2 Å². The molecule has 1 aliphatic rings. The number of imidazole rings is 1. The van der Waals surface area contributed by atoms with Crippen molar-refractivity contribution in [2.24, 2.45) is 5.73 Å². The Morgan fingerprint density at radius 2 is 1.96 bits per heavy atom. The molecule has 26 heavy (non-hydrogen) atoms. The van der Waals surface area contributed by atoms with Crippen molar-refractivity contribution < 1.29 is 0 Å². The van der Waals surface area contributed by atoms with Crippen molar-refractivity contribution in [3.8, 4) is 0 Å². The smallest absolute Gasteiger partial charge is 0.207 e.